The first kappa shape index (κ1) is 13.1. The Morgan fingerprint density at radius 1 is 1.39 bits per heavy atom. The van der Waals surface area contributed by atoms with Crippen LogP contribution in [0.25, 0.3) is 0 Å². The molecule has 0 radical (unpaired) electrons. The van der Waals surface area contributed by atoms with E-state index < -0.39 is 0 Å². The van der Waals surface area contributed by atoms with Gasteiger partial charge in [0, 0.05) is 22.6 Å². The average Bonchev–Trinajstić information content (AvgIpc) is 2.37. The fourth-order valence-corrected chi connectivity index (χ4v) is 2.24. The monoisotopic (exact) mass is 306 g/mol. The third kappa shape index (κ3) is 3.09. The topological polar surface area (TPSA) is 45.2 Å². The summed E-state index contributed by atoms with van der Waals surface area (Å²) >= 11 is 3.43. The number of benzene rings is 1. The fourth-order valence-electron chi connectivity index (χ4n) is 1.84. The summed E-state index contributed by atoms with van der Waals surface area (Å²) < 4.78 is 1.01. The summed E-state index contributed by atoms with van der Waals surface area (Å²) in [7, 11) is 0. The largest absolute Gasteiger partial charge is 0.394 e. The van der Waals surface area contributed by atoms with Gasteiger partial charge in [0.05, 0.1) is 12.6 Å². The van der Waals surface area contributed by atoms with Gasteiger partial charge >= 0.3 is 0 Å². The maximum absolute atomic E-state index is 9.53. The molecule has 18 heavy (non-hydrogen) atoms. The molecule has 2 rings (SSSR count). The quantitative estimate of drug-likeness (QED) is 0.911. The van der Waals surface area contributed by atoms with Crippen LogP contribution < -0.4 is 5.32 Å². The van der Waals surface area contributed by atoms with Crippen LogP contribution in [0.3, 0.4) is 0 Å². The second kappa shape index (κ2) is 5.98. The van der Waals surface area contributed by atoms with E-state index in [0.717, 1.165) is 21.3 Å². The number of aromatic nitrogens is 1. The van der Waals surface area contributed by atoms with Gasteiger partial charge in [0.15, 0.2) is 0 Å². The molecule has 0 amide bonds. The normalized spacial score (nSPS) is 12.2. The Labute approximate surface area is 115 Å². The summed E-state index contributed by atoms with van der Waals surface area (Å²) in [5, 5.41) is 12.8. The second-order valence-corrected chi connectivity index (χ2v) is 5.04. The predicted octanol–water partition coefficient (Wildman–Crippen LogP) is 3.30. The van der Waals surface area contributed by atoms with Gasteiger partial charge in [0.2, 0.25) is 0 Å². The van der Waals surface area contributed by atoms with Crippen molar-refractivity contribution in [1.82, 2.24) is 4.98 Å². The third-order valence-electron chi connectivity index (χ3n) is 2.80. The summed E-state index contributed by atoms with van der Waals surface area (Å²) in [5.41, 5.74) is 3.10. The molecule has 1 aromatic heterocycles. The molecule has 3 nitrogen and oxygen atoms in total. The lowest BCUT2D eigenvalue weighted by atomic mass is 10.0. The summed E-state index contributed by atoms with van der Waals surface area (Å²) in [6.07, 6.45) is 3.55. The Morgan fingerprint density at radius 2 is 2.22 bits per heavy atom. The third-order valence-corrected chi connectivity index (χ3v) is 3.30. The highest BCUT2D eigenvalue weighted by Gasteiger charge is 2.12. The van der Waals surface area contributed by atoms with Gasteiger partial charge in [-0.25, -0.2) is 0 Å². The lowest BCUT2D eigenvalue weighted by molar-refractivity contribution is 0.276. The molecular weight excluding hydrogens is 292 g/mol. The highest BCUT2D eigenvalue weighted by atomic mass is 79.9. The van der Waals surface area contributed by atoms with Gasteiger partial charge in [0.25, 0.3) is 0 Å². The number of hydrogen-bond donors (Lipinski definition) is 2. The minimum absolute atomic E-state index is 0.0268. The lowest BCUT2D eigenvalue weighted by Gasteiger charge is -2.19. The first-order chi connectivity index (χ1) is 8.70. The summed E-state index contributed by atoms with van der Waals surface area (Å²) in [6.45, 7) is 2.04. The van der Waals surface area contributed by atoms with E-state index in [-0.39, 0.29) is 12.6 Å². The molecule has 2 aromatic rings. The summed E-state index contributed by atoms with van der Waals surface area (Å²) in [6, 6.07) is 9.67. The van der Waals surface area contributed by atoms with Crippen LogP contribution in [0.1, 0.15) is 17.2 Å². The van der Waals surface area contributed by atoms with Crippen LogP contribution in [-0.2, 0) is 0 Å². The van der Waals surface area contributed by atoms with E-state index in [9.17, 15) is 5.11 Å². The van der Waals surface area contributed by atoms with E-state index in [1.807, 2.05) is 37.3 Å². The van der Waals surface area contributed by atoms with Crippen molar-refractivity contribution >= 4 is 21.6 Å². The number of halogens is 1. The summed E-state index contributed by atoms with van der Waals surface area (Å²) in [5.74, 6) is 0. The Kier molecular flexibility index (Phi) is 4.33. The van der Waals surface area contributed by atoms with E-state index in [4.69, 9.17) is 0 Å². The van der Waals surface area contributed by atoms with Gasteiger partial charge in [-0.2, -0.15) is 0 Å². The first-order valence-electron chi connectivity index (χ1n) is 5.74. The number of aliphatic hydroxyl groups excluding tert-OH is 1. The highest BCUT2D eigenvalue weighted by Crippen LogP contribution is 2.23. The maximum Gasteiger partial charge on any atom is 0.0762 e. The number of anilines is 1. The highest BCUT2D eigenvalue weighted by molar-refractivity contribution is 9.10. The molecule has 0 bridgehead atoms. The number of nitrogens with one attached hydrogen (secondary N) is 1. The Morgan fingerprint density at radius 3 is 2.89 bits per heavy atom. The van der Waals surface area contributed by atoms with Crippen LogP contribution >= 0.6 is 15.9 Å². The van der Waals surface area contributed by atoms with Crippen molar-refractivity contribution in [3.05, 3.63) is 58.3 Å². The van der Waals surface area contributed by atoms with Gasteiger partial charge in [0.1, 0.15) is 0 Å². The number of aryl methyl sites for hydroxylation is 1. The number of rotatable bonds is 4. The van der Waals surface area contributed by atoms with E-state index >= 15 is 0 Å². The maximum atomic E-state index is 9.53. The van der Waals surface area contributed by atoms with E-state index in [0.29, 0.717) is 0 Å². The van der Waals surface area contributed by atoms with Crippen molar-refractivity contribution in [3.63, 3.8) is 0 Å². The Hall–Kier alpha value is -1.39. The average molecular weight is 307 g/mol. The van der Waals surface area contributed by atoms with Gasteiger partial charge < -0.3 is 10.4 Å². The molecule has 0 aliphatic rings. The second-order valence-electron chi connectivity index (χ2n) is 4.12. The molecule has 1 heterocycles. The fraction of sp³-hybridized carbons (Fsp3) is 0.214. The van der Waals surface area contributed by atoms with E-state index in [1.54, 1.807) is 12.4 Å². The molecule has 0 saturated heterocycles. The van der Waals surface area contributed by atoms with E-state index in [1.165, 1.54) is 0 Å². The van der Waals surface area contributed by atoms with Crippen molar-refractivity contribution in [1.29, 1.82) is 0 Å². The van der Waals surface area contributed by atoms with E-state index in [2.05, 4.69) is 26.2 Å². The molecule has 2 N–H and O–H groups in total. The van der Waals surface area contributed by atoms with Gasteiger partial charge in [-0.15, -0.1) is 0 Å². The Balaban J connectivity index is 2.23. The molecule has 1 unspecified atom stereocenters. The zero-order valence-corrected chi connectivity index (χ0v) is 11.7. The van der Waals surface area contributed by atoms with Crippen LogP contribution in [0, 0.1) is 6.92 Å². The van der Waals surface area contributed by atoms with Crippen molar-refractivity contribution in [3.8, 4) is 0 Å². The molecular formula is C14H15BrN2O. The van der Waals surface area contributed by atoms with Crippen LogP contribution in [-0.4, -0.2) is 16.7 Å². The van der Waals surface area contributed by atoms with Gasteiger partial charge in [-0.3, -0.25) is 4.98 Å². The van der Waals surface area contributed by atoms with Crippen molar-refractivity contribution in [2.45, 2.75) is 13.0 Å². The molecule has 4 heteroatoms. The van der Waals surface area contributed by atoms with Crippen molar-refractivity contribution in [2.75, 3.05) is 11.9 Å². The molecule has 0 aliphatic carbocycles. The van der Waals surface area contributed by atoms with Crippen LogP contribution in [0.15, 0.2) is 47.2 Å². The molecule has 0 aliphatic heterocycles. The number of hydrogen-bond acceptors (Lipinski definition) is 3. The number of aliphatic hydroxyl groups is 1. The lowest BCUT2D eigenvalue weighted by Crippen LogP contribution is -2.16. The first-order valence-corrected chi connectivity index (χ1v) is 6.53. The van der Waals surface area contributed by atoms with Crippen LogP contribution in [0.2, 0.25) is 0 Å². The van der Waals surface area contributed by atoms with Crippen molar-refractivity contribution in [2.24, 2.45) is 0 Å². The van der Waals surface area contributed by atoms with Crippen LogP contribution in [0.4, 0.5) is 5.69 Å². The molecule has 0 spiro atoms. The number of nitrogens with zero attached hydrogens (tertiary/aromatic N) is 1. The zero-order chi connectivity index (χ0) is 13.0. The van der Waals surface area contributed by atoms with Crippen molar-refractivity contribution < 1.29 is 5.11 Å². The zero-order valence-electron chi connectivity index (χ0n) is 10.1. The van der Waals surface area contributed by atoms with Gasteiger partial charge in [-0.1, -0.05) is 22.0 Å². The number of pyridine rings is 1. The molecule has 0 fully saturated rings. The minimum atomic E-state index is -0.145. The molecule has 1 aromatic carbocycles. The predicted molar refractivity (Wildman–Crippen MR) is 76.6 cm³/mol. The smallest absolute Gasteiger partial charge is 0.0762 e. The van der Waals surface area contributed by atoms with Crippen LogP contribution in [0.5, 0.6) is 0 Å². The molecule has 1 atom stereocenters. The summed E-state index contributed by atoms with van der Waals surface area (Å²) in [4.78, 5) is 4.11. The molecule has 0 saturated carbocycles. The van der Waals surface area contributed by atoms with Gasteiger partial charge in [-0.05, 0) is 42.3 Å². The Bertz CT molecular complexity index is 531. The minimum Gasteiger partial charge on any atom is -0.394 e. The standard InChI is InChI=1S/C14H15BrN2O/c1-10-5-6-16-8-13(10)14(9-18)17-12-4-2-3-11(15)7-12/h2-8,14,17-18H,9H2,1H3. The molecule has 94 valence electrons. The SMILES string of the molecule is Cc1ccncc1C(CO)Nc1cccc(Br)c1.